The summed E-state index contributed by atoms with van der Waals surface area (Å²) in [4.78, 5) is 4.65. The van der Waals surface area contributed by atoms with Gasteiger partial charge in [0.2, 0.25) is 0 Å². The van der Waals surface area contributed by atoms with Gasteiger partial charge in [-0.2, -0.15) is 0 Å². The van der Waals surface area contributed by atoms with Crippen LogP contribution in [-0.4, -0.2) is 9.55 Å². The van der Waals surface area contributed by atoms with Gasteiger partial charge in [-0.25, -0.2) is 4.98 Å². The Balaban J connectivity index is 1.49. The molecule has 0 bridgehead atoms. The largest absolute Gasteiger partial charge is 0.461 e. The third-order valence-electron chi connectivity index (χ3n) is 5.68. The first-order chi connectivity index (χ1) is 14.7. The summed E-state index contributed by atoms with van der Waals surface area (Å²) >= 11 is 0. The molecule has 0 fully saturated rings. The molecule has 2 aromatic carbocycles. The number of fused-ring (bicyclic) bond motifs is 1. The number of imidazole rings is 1. The van der Waals surface area contributed by atoms with Gasteiger partial charge in [-0.05, 0) is 68.0 Å². The Morgan fingerprint density at radius 1 is 1.00 bits per heavy atom. The summed E-state index contributed by atoms with van der Waals surface area (Å²) < 4.78 is 7.97. The number of benzene rings is 2. The van der Waals surface area contributed by atoms with Crippen LogP contribution in [0.3, 0.4) is 0 Å². The Morgan fingerprint density at radius 2 is 1.83 bits per heavy atom. The Morgan fingerprint density at radius 3 is 2.70 bits per heavy atom. The van der Waals surface area contributed by atoms with Crippen molar-refractivity contribution in [3.05, 3.63) is 90.5 Å². The molecule has 0 atom stereocenters. The Labute approximate surface area is 179 Å². The van der Waals surface area contributed by atoms with Gasteiger partial charge < -0.3 is 8.98 Å². The van der Waals surface area contributed by atoms with E-state index in [4.69, 9.17) is 4.42 Å². The zero-order valence-corrected chi connectivity index (χ0v) is 17.8. The molecule has 0 saturated heterocycles. The molecule has 0 aliphatic carbocycles. The summed E-state index contributed by atoms with van der Waals surface area (Å²) in [6, 6.07) is 17.2. The molecule has 0 aliphatic heterocycles. The summed E-state index contributed by atoms with van der Waals surface area (Å²) in [5.41, 5.74) is 4.87. The Kier molecular flexibility index (Phi) is 6.48. The molecule has 4 rings (SSSR count). The second-order valence-electron chi connectivity index (χ2n) is 8.00. The number of aryl methyl sites for hydroxylation is 2. The quantitative estimate of drug-likeness (QED) is 0.207. The van der Waals surface area contributed by atoms with Crippen LogP contribution in [0.1, 0.15) is 49.0 Å². The van der Waals surface area contributed by atoms with E-state index in [0.29, 0.717) is 0 Å². The Hall–Kier alpha value is -3.07. The summed E-state index contributed by atoms with van der Waals surface area (Å²) in [7, 11) is 0. The molecule has 0 spiro atoms. The summed E-state index contributed by atoms with van der Waals surface area (Å²) in [5, 5.41) is 1.12. The van der Waals surface area contributed by atoms with Gasteiger partial charge in [-0.3, -0.25) is 0 Å². The number of unbranched alkanes of at least 4 members (excludes halogenated alkanes) is 4. The highest BCUT2D eigenvalue weighted by Crippen LogP contribution is 2.26. The molecule has 0 aliphatic rings. The van der Waals surface area contributed by atoms with E-state index in [9.17, 15) is 0 Å². The van der Waals surface area contributed by atoms with E-state index in [1.807, 2.05) is 25.3 Å². The lowest BCUT2D eigenvalue weighted by Gasteiger charge is -2.13. The lowest BCUT2D eigenvalue weighted by atomic mass is 10.0. The van der Waals surface area contributed by atoms with Crippen LogP contribution in [0.25, 0.3) is 22.4 Å². The second-order valence-corrected chi connectivity index (χ2v) is 8.00. The number of hydrogen-bond acceptors (Lipinski definition) is 2. The minimum atomic E-state index is 0.838. The highest BCUT2D eigenvalue weighted by Gasteiger charge is 2.11. The maximum absolute atomic E-state index is 5.72. The molecule has 0 amide bonds. The van der Waals surface area contributed by atoms with Crippen LogP contribution in [-0.2, 0) is 13.0 Å². The van der Waals surface area contributed by atoms with Gasteiger partial charge in [-0.1, -0.05) is 43.2 Å². The first-order valence-corrected chi connectivity index (χ1v) is 10.9. The average molecular weight is 399 g/mol. The molecule has 3 nitrogen and oxygen atoms in total. The van der Waals surface area contributed by atoms with Gasteiger partial charge in [-0.15, -0.1) is 6.58 Å². The number of furan rings is 1. The predicted molar refractivity (Wildman–Crippen MR) is 125 cm³/mol. The van der Waals surface area contributed by atoms with Gasteiger partial charge in [0.1, 0.15) is 17.2 Å². The van der Waals surface area contributed by atoms with Crippen molar-refractivity contribution in [2.75, 3.05) is 0 Å². The first-order valence-electron chi connectivity index (χ1n) is 10.9. The van der Waals surface area contributed by atoms with Crippen LogP contribution < -0.4 is 0 Å². The maximum atomic E-state index is 5.72. The summed E-state index contributed by atoms with van der Waals surface area (Å²) in [5.74, 6) is 1.93. The molecular formula is C27H30N2O. The average Bonchev–Trinajstić information content (AvgIpc) is 3.36. The summed E-state index contributed by atoms with van der Waals surface area (Å²) in [6.07, 6.45) is 13.3. The van der Waals surface area contributed by atoms with Gasteiger partial charge in [0.15, 0.2) is 0 Å². The Bertz CT molecular complexity index is 1120. The number of rotatable bonds is 10. The number of aromatic nitrogens is 2. The number of hydrogen-bond donors (Lipinski definition) is 0. The molecule has 4 aromatic rings. The van der Waals surface area contributed by atoms with E-state index >= 15 is 0 Å². The highest BCUT2D eigenvalue weighted by atomic mass is 16.3. The molecule has 0 unspecified atom stereocenters. The smallest absolute Gasteiger partial charge is 0.140 e. The van der Waals surface area contributed by atoms with Crippen LogP contribution in [0.2, 0.25) is 0 Å². The van der Waals surface area contributed by atoms with Crippen molar-refractivity contribution in [1.82, 2.24) is 9.55 Å². The lowest BCUT2D eigenvalue weighted by molar-refractivity contribution is 0.578. The van der Waals surface area contributed by atoms with E-state index in [1.165, 1.54) is 36.8 Å². The SMILES string of the molecule is C=CCCCCCCc1ccccc1Cn1ccnc1-c1ccc2oc(C)cc2c1. The van der Waals surface area contributed by atoms with Crippen LogP contribution in [0.15, 0.2) is 78.0 Å². The van der Waals surface area contributed by atoms with Crippen molar-refractivity contribution >= 4 is 11.0 Å². The molecule has 2 aromatic heterocycles. The van der Waals surface area contributed by atoms with E-state index in [1.54, 1.807) is 0 Å². The fourth-order valence-corrected chi connectivity index (χ4v) is 4.11. The van der Waals surface area contributed by atoms with E-state index in [0.717, 1.165) is 47.5 Å². The normalized spacial score (nSPS) is 11.2. The highest BCUT2D eigenvalue weighted by molar-refractivity contribution is 5.82. The van der Waals surface area contributed by atoms with E-state index < -0.39 is 0 Å². The van der Waals surface area contributed by atoms with Crippen LogP contribution >= 0.6 is 0 Å². The molecule has 0 saturated carbocycles. The topological polar surface area (TPSA) is 31.0 Å². The number of nitrogens with zero attached hydrogens (tertiary/aromatic N) is 2. The van der Waals surface area contributed by atoms with Gasteiger partial charge in [0.25, 0.3) is 0 Å². The van der Waals surface area contributed by atoms with Gasteiger partial charge in [0, 0.05) is 29.9 Å². The zero-order chi connectivity index (χ0) is 20.8. The van der Waals surface area contributed by atoms with Crippen LogP contribution in [0.5, 0.6) is 0 Å². The second kappa shape index (κ2) is 9.62. The minimum Gasteiger partial charge on any atom is -0.461 e. The zero-order valence-electron chi connectivity index (χ0n) is 17.8. The fourth-order valence-electron chi connectivity index (χ4n) is 4.11. The molecule has 2 heterocycles. The molecule has 0 N–H and O–H groups in total. The van der Waals surface area contributed by atoms with Crippen LogP contribution in [0, 0.1) is 6.92 Å². The summed E-state index contributed by atoms with van der Waals surface area (Å²) in [6.45, 7) is 6.63. The monoisotopic (exact) mass is 398 g/mol. The van der Waals surface area contributed by atoms with Crippen molar-refractivity contribution in [2.45, 2.75) is 52.0 Å². The van der Waals surface area contributed by atoms with Crippen molar-refractivity contribution < 1.29 is 4.42 Å². The number of allylic oxidation sites excluding steroid dienone is 1. The predicted octanol–water partition coefficient (Wildman–Crippen LogP) is 7.33. The van der Waals surface area contributed by atoms with Crippen molar-refractivity contribution in [3.8, 4) is 11.4 Å². The van der Waals surface area contributed by atoms with Gasteiger partial charge in [0.05, 0.1) is 0 Å². The molecule has 154 valence electrons. The third-order valence-corrected chi connectivity index (χ3v) is 5.68. The van der Waals surface area contributed by atoms with Crippen LogP contribution in [0.4, 0.5) is 0 Å². The minimum absolute atomic E-state index is 0.838. The fraction of sp³-hybridized carbons (Fsp3) is 0.296. The van der Waals surface area contributed by atoms with Gasteiger partial charge >= 0.3 is 0 Å². The van der Waals surface area contributed by atoms with Crippen molar-refractivity contribution in [2.24, 2.45) is 0 Å². The maximum Gasteiger partial charge on any atom is 0.140 e. The van der Waals surface area contributed by atoms with Crippen molar-refractivity contribution in [1.29, 1.82) is 0 Å². The van der Waals surface area contributed by atoms with E-state index in [2.05, 4.69) is 64.8 Å². The third kappa shape index (κ3) is 4.73. The molecule has 30 heavy (non-hydrogen) atoms. The first kappa shape index (κ1) is 20.2. The molecule has 0 radical (unpaired) electrons. The standard InChI is InChI=1S/C27H30N2O/c1-3-4-5-6-7-8-11-22-12-9-10-13-24(22)20-29-17-16-28-27(29)23-14-15-26-25(19-23)18-21(2)30-26/h3,9-10,12-19H,1,4-8,11,20H2,2H3. The molecule has 3 heteroatoms. The van der Waals surface area contributed by atoms with Crippen molar-refractivity contribution in [3.63, 3.8) is 0 Å². The molecular weight excluding hydrogens is 368 g/mol. The lowest BCUT2D eigenvalue weighted by Crippen LogP contribution is -2.04. The van der Waals surface area contributed by atoms with E-state index in [-0.39, 0.29) is 0 Å².